The summed E-state index contributed by atoms with van der Waals surface area (Å²) in [6.45, 7) is 7.77. The number of aryl methyl sites for hydroxylation is 1. The molecule has 0 amide bonds. The zero-order chi connectivity index (χ0) is 12.8. The van der Waals surface area contributed by atoms with E-state index in [0.717, 1.165) is 0 Å². The van der Waals surface area contributed by atoms with E-state index in [1.165, 1.54) is 0 Å². The highest BCUT2D eigenvalue weighted by molar-refractivity contribution is 5.90. The van der Waals surface area contributed by atoms with Gasteiger partial charge >= 0.3 is 5.97 Å². The van der Waals surface area contributed by atoms with Crippen molar-refractivity contribution >= 4 is 11.8 Å². The Bertz CT molecular complexity index is 428. The van der Waals surface area contributed by atoms with Crippen LogP contribution in [0.5, 0.6) is 0 Å². The third kappa shape index (κ3) is 4.30. The lowest BCUT2D eigenvalue weighted by atomic mass is 10.2. The van der Waals surface area contributed by atoms with E-state index in [1.54, 1.807) is 26.0 Å². The van der Waals surface area contributed by atoms with E-state index >= 15 is 0 Å². The van der Waals surface area contributed by atoms with Gasteiger partial charge in [-0.25, -0.2) is 9.78 Å². The van der Waals surface area contributed by atoms with Gasteiger partial charge in [0, 0.05) is 5.69 Å². The van der Waals surface area contributed by atoms with E-state index in [0.29, 0.717) is 23.7 Å². The molecule has 17 heavy (non-hydrogen) atoms. The number of nitrogens with zero attached hydrogens (tertiary/aromatic N) is 3. The number of carbonyl (C=O) groups excluding carboxylic acids is 1. The Balaban J connectivity index is 2.98. The first-order chi connectivity index (χ1) is 8.02. The van der Waals surface area contributed by atoms with Crippen LogP contribution in [0.3, 0.4) is 0 Å². The molecule has 0 fully saturated rings. The highest BCUT2D eigenvalue weighted by Crippen LogP contribution is 2.15. The number of hydrogen-bond donors (Lipinski definition) is 0. The van der Waals surface area contributed by atoms with Crippen molar-refractivity contribution in [2.75, 3.05) is 6.61 Å². The third-order valence-corrected chi connectivity index (χ3v) is 1.84. The molecule has 0 atom stereocenters. The molecular weight excluding hydrogens is 218 g/mol. The van der Waals surface area contributed by atoms with Gasteiger partial charge in [-0.2, -0.15) is 5.11 Å². The molecule has 1 rings (SSSR count). The predicted octanol–water partition coefficient (Wildman–Crippen LogP) is 3.06. The number of aromatic nitrogens is 1. The van der Waals surface area contributed by atoms with Crippen LogP contribution in [-0.4, -0.2) is 23.6 Å². The molecule has 1 aromatic heterocycles. The summed E-state index contributed by atoms with van der Waals surface area (Å²) < 4.78 is 4.92. The lowest BCUT2D eigenvalue weighted by Crippen LogP contribution is -2.05. The van der Waals surface area contributed by atoms with E-state index in [1.807, 2.05) is 13.8 Å². The average Bonchev–Trinajstić information content (AvgIpc) is 2.26. The van der Waals surface area contributed by atoms with Gasteiger partial charge in [0.2, 0.25) is 0 Å². The highest BCUT2D eigenvalue weighted by Gasteiger charge is 2.09. The minimum absolute atomic E-state index is 0.100. The van der Waals surface area contributed by atoms with Crippen LogP contribution in [0.1, 0.15) is 36.8 Å². The van der Waals surface area contributed by atoms with Gasteiger partial charge in [0.1, 0.15) is 0 Å². The summed E-state index contributed by atoms with van der Waals surface area (Å²) in [4.78, 5) is 15.7. The van der Waals surface area contributed by atoms with Crippen molar-refractivity contribution in [2.45, 2.75) is 33.7 Å². The highest BCUT2D eigenvalue weighted by atomic mass is 16.5. The van der Waals surface area contributed by atoms with Gasteiger partial charge in [0.25, 0.3) is 0 Å². The maximum absolute atomic E-state index is 11.6. The number of carbonyl (C=O) groups is 1. The Hall–Kier alpha value is -1.78. The van der Waals surface area contributed by atoms with E-state index in [2.05, 4.69) is 15.2 Å². The maximum atomic E-state index is 11.6. The SMILES string of the molecule is CCOC(=O)c1cc(C)nc(N=NC(C)C)c1. The number of rotatable bonds is 4. The fourth-order valence-corrected chi connectivity index (χ4v) is 1.21. The fraction of sp³-hybridized carbons (Fsp3) is 0.500. The van der Waals surface area contributed by atoms with Crippen LogP contribution in [-0.2, 0) is 4.74 Å². The molecule has 0 spiro atoms. The smallest absolute Gasteiger partial charge is 0.338 e. The topological polar surface area (TPSA) is 63.9 Å². The van der Waals surface area contributed by atoms with Crippen LogP contribution in [0.4, 0.5) is 5.82 Å². The number of esters is 1. The lowest BCUT2D eigenvalue weighted by molar-refractivity contribution is 0.0526. The van der Waals surface area contributed by atoms with Gasteiger partial charge in [0.15, 0.2) is 5.82 Å². The Morgan fingerprint density at radius 1 is 1.47 bits per heavy atom. The van der Waals surface area contributed by atoms with E-state index in [9.17, 15) is 4.79 Å². The molecule has 1 aromatic rings. The van der Waals surface area contributed by atoms with Crippen molar-refractivity contribution in [3.05, 3.63) is 23.4 Å². The van der Waals surface area contributed by atoms with E-state index < -0.39 is 0 Å². The average molecular weight is 235 g/mol. The van der Waals surface area contributed by atoms with E-state index in [4.69, 9.17) is 4.74 Å². The Kier molecular flexibility index (Phi) is 4.75. The van der Waals surface area contributed by atoms with Crippen molar-refractivity contribution in [1.29, 1.82) is 0 Å². The molecular formula is C12H17N3O2. The summed E-state index contributed by atoms with van der Waals surface area (Å²) in [6.07, 6.45) is 0. The molecule has 0 aliphatic carbocycles. The van der Waals surface area contributed by atoms with Gasteiger partial charge in [-0.1, -0.05) is 0 Å². The summed E-state index contributed by atoms with van der Waals surface area (Å²) in [7, 11) is 0. The summed E-state index contributed by atoms with van der Waals surface area (Å²) in [6, 6.07) is 3.35. The van der Waals surface area contributed by atoms with Crippen LogP contribution in [0.25, 0.3) is 0 Å². The molecule has 1 heterocycles. The second kappa shape index (κ2) is 6.08. The maximum Gasteiger partial charge on any atom is 0.338 e. The number of ether oxygens (including phenoxy) is 1. The third-order valence-electron chi connectivity index (χ3n) is 1.84. The van der Waals surface area contributed by atoms with Crippen molar-refractivity contribution in [2.24, 2.45) is 10.2 Å². The second-order valence-electron chi connectivity index (χ2n) is 3.89. The first-order valence-corrected chi connectivity index (χ1v) is 5.59. The zero-order valence-corrected chi connectivity index (χ0v) is 10.6. The molecule has 0 aliphatic rings. The summed E-state index contributed by atoms with van der Waals surface area (Å²) in [5, 5.41) is 7.97. The minimum atomic E-state index is -0.362. The van der Waals surface area contributed by atoms with Gasteiger partial charge < -0.3 is 4.74 Å². The van der Waals surface area contributed by atoms with E-state index in [-0.39, 0.29) is 12.0 Å². The standard InChI is InChI=1S/C12H17N3O2/c1-5-17-12(16)10-6-9(4)13-11(7-10)15-14-8(2)3/h6-8H,5H2,1-4H3. The van der Waals surface area contributed by atoms with Crippen molar-refractivity contribution in [1.82, 2.24) is 4.98 Å². The molecule has 0 N–H and O–H groups in total. The van der Waals surface area contributed by atoms with Crippen LogP contribution >= 0.6 is 0 Å². The molecule has 0 unspecified atom stereocenters. The van der Waals surface area contributed by atoms with Crippen LogP contribution < -0.4 is 0 Å². The fourth-order valence-electron chi connectivity index (χ4n) is 1.21. The number of pyridine rings is 1. The van der Waals surface area contributed by atoms with Crippen molar-refractivity contribution in [3.8, 4) is 0 Å². The minimum Gasteiger partial charge on any atom is -0.462 e. The molecule has 5 heteroatoms. The first kappa shape index (κ1) is 13.3. The Morgan fingerprint density at radius 2 is 2.18 bits per heavy atom. The second-order valence-corrected chi connectivity index (χ2v) is 3.89. The van der Waals surface area contributed by atoms with Crippen molar-refractivity contribution in [3.63, 3.8) is 0 Å². The summed E-state index contributed by atoms with van der Waals surface area (Å²) in [5.74, 6) is 0.0701. The monoisotopic (exact) mass is 235 g/mol. The van der Waals surface area contributed by atoms with Gasteiger partial charge in [-0.05, 0) is 39.8 Å². The van der Waals surface area contributed by atoms with Crippen molar-refractivity contribution < 1.29 is 9.53 Å². The van der Waals surface area contributed by atoms with Crippen LogP contribution in [0.2, 0.25) is 0 Å². The van der Waals surface area contributed by atoms with Gasteiger partial charge in [-0.15, -0.1) is 5.11 Å². The molecule has 0 bridgehead atoms. The molecule has 5 nitrogen and oxygen atoms in total. The number of hydrogen-bond acceptors (Lipinski definition) is 5. The normalized spacial score (nSPS) is 11.1. The number of azo groups is 1. The zero-order valence-electron chi connectivity index (χ0n) is 10.6. The Labute approximate surface area is 101 Å². The van der Waals surface area contributed by atoms with Gasteiger partial charge in [0.05, 0.1) is 18.2 Å². The largest absolute Gasteiger partial charge is 0.462 e. The van der Waals surface area contributed by atoms with Gasteiger partial charge in [-0.3, -0.25) is 0 Å². The molecule has 0 aliphatic heterocycles. The van der Waals surface area contributed by atoms with Crippen LogP contribution in [0.15, 0.2) is 22.4 Å². The van der Waals surface area contributed by atoms with Crippen LogP contribution in [0, 0.1) is 6.92 Å². The predicted molar refractivity (Wildman–Crippen MR) is 64.6 cm³/mol. The summed E-state index contributed by atoms with van der Waals surface area (Å²) in [5.41, 5.74) is 1.17. The molecule has 0 radical (unpaired) electrons. The first-order valence-electron chi connectivity index (χ1n) is 5.59. The molecule has 0 saturated heterocycles. The molecule has 0 saturated carbocycles. The molecule has 92 valence electrons. The molecule has 0 aromatic carbocycles. The Morgan fingerprint density at radius 3 is 2.76 bits per heavy atom. The lowest BCUT2D eigenvalue weighted by Gasteiger charge is -2.03. The quantitative estimate of drug-likeness (QED) is 0.595. The summed E-state index contributed by atoms with van der Waals surface area (Å²) >= 11 is 0.